The molecule has 0 aliphatic carbocycles. The lowest BCUT2D eigenvalue weighted by Gasteiger charge is -2.27. The van der Waals surface area contributed by atoms with Gasteiger partial charge in [-0.05, 0) is 46.6 Å². The van der Waals surface area contributed by atoms with E-state index in [4.69, 9.17) is 4.74 Å². The molecule has 0 saturated heterocycles. The fourth-order valence-corrected chi connectivity index (χ4v) is 4.10. The van der Waals surface area contributed by atoms with Gasteiger partial charge >= 0.3 is 0 Å². The molecule has 1 heterocycles. The van der Waals surface area contributed by atoms with Gasteiger partial charge < -0.3 is 4.74 Å². The minimum Gasteiger partial charge on any atom is -0.488 e. The van der Waals surface area contributed by atoms with Crippen molar-refractivity contribution in [1.82, 2.24) is 0 Å². The summed E-state index contributed by atoms with van der Waals surface area (Å²) in [5.74, 6) is 1.02. The molecule has 21 heavy (non-hydrogen) atoms. The molecule has 0 aromatic heterocycles. The van der Waals surface area contributed by atoms with Crippen LogP contribution in [0, 0.1) is 5.92 Å². The number of hydrogen-bond donors (Lipinski definition) is 0. The van der Waals surface area contributed by atoms with Crippen molar-refractivity contribution in [1.29, 1.82) is 0 Å². The molecule has 0 amide bonds. The van der Waals surface area contributed by atoms with Gasteiger partial charge in [-0.3, -0.25) is 4.79 Å². The Morgan fingerprint density at radius 3 is 2.57 bits per heavy atom. The lowest BCUT2D eigenvalue weighted by atomic mass is 9.84. The van der Waals surface area contributed by atoms with Crippen LogP contribution in [0.15, 0.2) is 27.9 Å². The van der Waals surface area contributed by atoms with Gasteiger partial charge in [0.05, 0.1) is 9.84 Å². The summed E-state index contributed by atoms with van der Waals surface area (Å²) in [4.78, 5) is 12.0. The Hall–Kier alpha value is -0.110. The van der Waals surface area contributed by atoms with Crippen molar-refractivity contribution in [2.24, 2.45) is 5.92 Å². The Labute approximate surface area is 154 Å². The molecule has 2 unspecified atom stereocenters. The molecule has 0 radical (unpaired) electrons. The van der Waals surface area contributed by atoms with E-state index in [1.54, 1.807) is 6.92 Å². The second-order valence-corrected chi connectivity index (χ2v) is 9.17. The van der Waals surface area contributed by atoms with Crippen molar-refractivity contribution in [3.05, 3.63) is 39.0 Å². The van der Waals surface area contributed by atoms with Crippen LogP contribution in [-0.4, -0.2) is 12.4 Å². The normalized spacial score (nSPS) is 25.0. The molecule has 2 atom stereocenters. The van der Waals surface area contributed by atoms with Gasteiger partial charge in [0.1, 0.15) is 18.1 Å². The average Bonchev–Trinajstić information content (AvgIpc) is 2.38. The first-order valence-corrected chi connectivity index (χ1v) is 9.30. The van der Waals surface area contributed by atoms with Gasteiger partial charge in [0.15, 0.2) is 0 Å². The number of fused-ring (bicyclic) bond motifs is 1. The number of ketones is 1. The molecule has 1 aliphatic heterocycles. The summed E-state index contributed by atoms with van der Waals surface area (Å²) in [7, 11) is 0. The van der Waals surface area contributed by atoms with E-state index < -0.39 is 0 Å². The molecule has 0 N–H and O–H groups in total. The molecule has 0 spiro atoms. The number of halogens is 2. The van der Waals surface area contributed by atoms with E-state index in [0.717, 1.165) is 14.9 Å². The fraction of sp³-hybridized carbons (Fsp3) is 0.471. The van der Waals surface area contributed by atoms with Gasteiger partial charge in [0.2, 0.25) is 0 Å². The molecule has 0 saturated carbocycles. The largest absolute Gasteiger partial charge is 0.488 e. The van der Waals surface area contributed by atoms with Gasteiger partial charge in [-0.2, -0.15) is 0 Å². The fourth-order valence-electron chi connectivity index (χ4n) is 2.35. The highest BCUT2D eigenvalue weighted by Crippen LogP contribution is 2.42. The van der Waals surface area contributed by atoms with E-state index in [2.05, 4.69) is 78.1 Å². The Bertz CT molecular complexity index is 585. The lowest BCUT2D eigenvalue weighted by molar-refractivity contribution is -0.119. The molecule has 1 aromatic carbocycles. The number of Topliss-reactive ketones (excluding diaryl/α,β-unsaturated/α-hetero) is 1. The summed E-state index contributed by atoms with van der Waals surface area (Å²) in [5.41, 5.74) is 2.49. The van der Waals surface area contributed by atoms with Gasteiger partial charge in [0, 0.05) is 9.14 Å². The predicted molar refractivity (Wildman–Crippen MR) is 104 cm³/mol. The molecule has 2 rings (SSSR count). The van der Waals surface area contributed by atoms with E-state index >= 15 is 0 Å². The number of allylic oxidation sites excluding steroid dienone is 1. The van der Waals surface area contributed by atoms with E-state index in [-0.39, 0.29) is 21.0 Å². The third-order valence-electron chi connectivity index (χ3n) is 3.68. The van der Waals surface area contributed by atoms with Crippen LogP contribution >= 0.6 is 45.2 Å². The van der Waals surface area contributed by atoms with Crippen molar-refractivity contribution in [3.63, 3.8) is 0 Å². The maximum Gasteiger partial charge on any atom is 0.138 e. The van der Waals surface area contributed by atoms with E-state index in [1.165, 1.54) is 5.56 Å². The van der Waals surface area contributed by atoms with Crippen molar-refractivity contribution in [2.75, 3.05) is 6.61 Å². The summed E-state index contributed by atoms with van der Waals surface area (Å²) in [6, 6.07) is 6.38. The zero-order chi connectivity index (χ0) is 15.8. The highest BCUT2D eigenvalue weighted by Gasteiger charge is 2.29. The quantitative estimate of drug-likeness (QED) is 0.375. The number of ether oxygens (including phenoxy) is 1. The molecule has 1 aromatic rings. The molecule has 114 valence electrons. The zero-order valence-corrected chi connectivity index (χ0v) is 17.1. The highest BCUT2D eigenvalue weighted by atomic mass is 127. The van der Waals surface area contributed by atoms with Crippen LogP contribution in [0.1, 0.15) is 42.7 Å². The minimum atomic E-state index is -0.0876. The number of carbonyl (C=O) groups is 1. The van der Waals surface area contributed by atoms with Crippen LogP contribution < -0.4 is 4.74 Å². The SMILES string of the molecule is CC(=O)C1/C=C(/I)COc2ccc(C(C)(C)C)cc2C1I. The number of hydrogen-bond acceptors (Lipinski definition) is 2. The van der Waals surface area contributed by atoms with Crippen LogP contribution in [-0.2, 0) is 10.2 Å². The van der Waals surface area contributed by atoms with Crippen LogP contribution in [0.4, 0.5) is 0 Å². The van der Waals surface area contributed by atoms with Gasteiger partial charge in [-0.15, -0.1) is 0 Å². The van der Waals surface area contributed by atoms with Gasteiger partial charge in [0.25, 0.3) is 0 Å². The standard InChI is InChI=1S/C17H20I2O2/c1-10(20)13-8-12(18)9-21-15-6-5-11(17(2,3)4)7-14(15)16(13)19/h5-8,13,16H,9H2,1-4H3/b12-8+. The summed E-state index contributed by atoms with van der Waals surface area (Å²) in [6.45, 7) is 8.81. The van der Waals surface area contributed by atoms with Gasteiger partial charge in [-0.1, -0.05) is 61.6 Å². The Morgan fingerprint density at radius 1 is 1.33 bits per heavy atom. The molecule has 0 bridgehead atoms. The molecular weight excluding hydrogens is 490 g/mol. The summed E-state index contributed by atoms with van der Waals surface area (Å²) < 4.78 is 7.10. The Balaban J connectivity index is 2.53. The third-order valence-corrected chi connectivity index (χ3v) is 5.80. The Morgan fingerprint density at radius 2 is 2.00 bits per heavy atom. The van der Waals surface area contributed by atoms with Crippen molar-refractivity contribution < 1.29 is 9.53 Å². The van der Waals surface area contributed by atoms with E-state index in [1.807, 2.05) is 12.1 Å². The predicted octanol–water partition coefficient (Wildman–Crippen LogP) is 5.38. The van der Waals surface area contributed by atoms with Crippen molar-refractivity contribution in [3.8, 4) is 5.75 Å². The first-order valence-electron chi connectivity index (χ1n) is 6.98. The van der Waals surface area contributed by atoms with Crippen LogP contribution in [0.25, 0.3) is 0 Å². The summed E-state index contributed by atoms with van der Waals surface area (Å²) in [6.07, 6.45) is 2.05. The summed E-state index contributed by atoms with van der Waals surface area (Å²) >= 11 is 4.63. The van der Waals surface area contributed by atoms with Crippen molar-refractivity contribution in [2.45, 2.75) is 37.0 Å². The van der Waals surface area contributed by atoms with Crippen molar-refractivity contribution >= 4 is 51.0 Å². The Kier molecular flexibility index (Phi) is 5.39. The monoisotopic (exact) mass is 510 g/mol. The smallest absolute Gasteiger partial charge is 0.138 e. The second kappa shape index (κ2) is 6.56. The number of carbonyl (C=O) groups excluding carboxylic acids is 1. The van der Waals surface area contributed by atoms with Gasteiger partial charge in [-0.25, -0.2) is 0 Å². The number of benzene rings is 1. The number of alkyl halides is 1. The maximum absolute atomic E-state index is 12.0. The average molecular weight is 510 g/mol. The summed E-state index contributed by atoms with van der Waals surface area (Å²) in [5, 5.41) is 0. The highest BCUT2D eigenvalue weighted by molar-refractivity contribution is 14.1. The van der Waals surface area contributed by atoms with Crippen LogP contribution in [0.3, 0.4) is 0 Å². The van der Waals surface area contributed by atoms with Crippen LogP contribution in [0.5, 0.6) is 5.75 Å². The van der Waals surface area contributed by atoms with E-state index in [0.29, 0.717) is 6.61 Å². The first kappa shape index (κ1) is 17.2. The second-order valence-electron chi connectivity index (χ2n) is 6.44. The maximum atomic E-state index is 12.0. The number of rotatable bonds is 1. The molecule has 2 nitrogen and oxygen atoms in total. The zero-order valence-electron chi connectivity index (χ0n) is 12.7. The van der Waals surface area contributed by atoms with Crippen LogP contribution in [0.2, 0.25) is 0 Å². The topological polar surface area (TPSA) is 26.3 Å². The minimum absolute atomic E-state index is 0.0870. The first-order chi connectivity index (χ1) is 9.70. The molecule has 4 heteroatoms. The molecular formula is C17H20I2O2. The lowest BCUT2D eigenvalue weighted by Crippen LogP contribution is -2.19. The third kappa shape index (κ3) is 4.00. The molecule has 0 fully saturated rings. The molecule has 1 aliphatic rings. The van der Waals surface area contributed by atoms with E-state index in [9.17, 15) is 4.79 Å².